The van der Waals surface area contributed by atoms with Crippen molar-refractivity contribution in [1.82, 2.24) is 9.88 Å². The second kappa shape index (κ2) is 6.31. The quantitative estimate of drug-likeness (QED) is 0.891. The van der Waals surface area contributed by atoms with Crippen molar-refractivity contribution in [1.29, 1.82) is 0 Å². The highest BCUT2D eigenvalue weighted by Gasteiger charge is 2.40. The van der Waals surface area contributed by atoms with Gasteiger partial charge < -0.3 is 14.6 Å². The smallest absolute Gasteiger partial charge is 0.0762 e. The zero-order chi connectivity index (χ0) is 13.8. The first-order chi connectivity index (χ1) is 9.80. The maximum absolute atomic E-state index is 6.45. The van der Waals surface area contributed by atoms with Gasteiger partial charge in [0.1, 0.15) is 0 Å². The Morgan fingerprint density at radius 3 is 2.95 bits per heavy atom. The third kappa shape index (κ3) is 3.26. The molecule has 1 aliphatic heterocycles. The molecular weight excluding hydrogens is 248 g/mol. The molecule has 1 aliphatic carbocycles. The van der Waals surface area contributed by atoms with E-state index in [0.29, 0.717) is 6.10 Å². The van der Waals surface area contributed by atoms with Crippen molar-refractivity contribution in [3.05, 3.63) is 24.0 Å². The molecule has 0 aromatic carbocycles. The lowest BCUT2D eigenvalue weighted by Crippen LogP contribution is -2.32. The molecule has 1 aromatic rings. The van der Waals surface area contributed by atoms with Crippen LogP contribution in [0, 0.1) is 0 Å². The molecule has 1 saturated carbocycles. The van der Waals surface area contributed by atoms with E-state index in [-0.39, 0.29) is 5.60 Å². The molecule has 1 atom stereocenters. The predicted octanol–water partition coefficient (Wildman–Crippen LogP) is 3.48. The minimum Gasteiger partial charge on any atom is -0.370 e. The van der Waals surface area contributed by atoms with Gasteiger partial charge in [0.2, 0.25) is 0 Å². The average Bonchev–Trinajstić information content (AvgIpc) is 3.06. The van der Waals surface area contributed by atoms with E-state index in [4.69, 9.17) is 4.74 Å². The van der Waals surface area contributed by atoms with E-state index < -0.39 is 0 Å². The Morgan fingerprint density at radius 2 is 2.15 bits per heavy atom. The minimum absolute atomic E-state index is 0.253. The highest BCUT2D eigenvalue weighted by Crippen LogP contribution is 2.42. The zero-order valence-corrected chi connectivity index (χ0v) is 12.7. The molecule has 1 N–H and O–H groups in total. The summed E-state index contributed by atoms with van der Waals surface area (Å²) in [5.41, 5.74) is 1.63. The van der Waals surface area contributed by atoms with Crippen molar-refractivity contribution in [3.8, 4) is 0 Å². The van der Waals surface area contributed by atoms with Gasteiger partial charge in [-0.15, -0.1) is 0 Å². The molecule has 3 rings (SSSR count). The summed E-state index contributed by atoms with van der Waals surface area (Å²) in [6, 6.07) is 2.22. The summed E-state index contributed by atoms with van der Waals surface area (Å²) in [7, 11) is 0. The Morgan fingerprint density at radius 1 is 1.30 bits per heavy atom. The van der Waals surface area contributed by atoms with Crippen molar-refractivity contribution in [2.24, 2.45) is 0 Å². The lowest BCUT2D eigenvalue weighted by molar-refractivity contribution is -0.0679. The van der Waals surface area contributed by atoms with Crippen LogP contribution in [0.4, 0.5) is 0 Å². The summed E-state index contributed by atoms with van der Waals surface area (Å²) in [4.78, 5) is 0. The molecule has 3 heteroatoms. The normalized spacial score (nSPS) is 25.4. The van der Waals surface area contributed by atoms with Crippen LogP contribution in [0.2, 0.25) is 0 Å². The van der Waals surface area contributed by atoms with Crippen LogP contribution < -0.4 is 5.32 Å². The Balaban J connectivity index is 1.52. The number of hydrogen-bond donors (Lipinski definition) is 1. The number of aromatic nitrogens is 1. The zero-order valence-electron chi connectivity index (χ0n) is 12.7. The first kappa shape index (κ1) is 14.2. The van der Waals surface area contributed by atoms with Gasteiger partial charge >= 0.3 is 0 Å². The standard InChI is InChI=1S/C17H28N2O/c1-2-18-12-15-7-11-19(13-15)14-16-6-10-17(20-16)8-4-3-5-9-17/h7,11,13,16,18H,2-6,8-10,12,14H2,1H3. The molecule has 1 aromatic heterocycles. The van der Waals surface area contributed by atoms with Gasteiger partial charge in [-0.3, -0.25) is 0 Å². The van der Waals surface area contributed by atoms with Gasteiger partial charge in [0.05, 0.1) is 11.7 Å². The van der Waals surface area contributed by atoms with Gasteiger partial charge in [0, 0.05) is 25.5 Å². The fraction of sp³-hybridized carbons (Fsp3) is 0.765. The monoisotopic (exact) mass is 276 g/mol. The van der Waals surface area contributed by atoms with Crippen LogP contribution in [0.5, 0.6) is 0 Å². The van der Waals surface area contributed by atoms with Crippen molar-refractivity contribution >= 4 is 0 Å². The van der Waals surface area contributed by atoms with Crippen LogP contribution in [0.3, 0.4) is 0 Å². The lowest BCUT2D eigenvalue weighted by Gasteiger charge is -2.33. The molecule has 112 valence electrons. The van der Waals surface area contributed by atoms with E-state index in [0.717, 1.165) is 19.6 Å². The number of ether oxygens (including phenoxy) is 1. The molecule has 1 spiro atoms. The molecule has 2 fully saturated rings. The third-order valence-electron chi connectivity index (χ3n) is 4.91. The van der Waals surface area contributed by atoms with Crippen LogP contribution in [0.15, 0.2) is 18.5 Å². The molecule has 2 heterocycles. The number of hydrogen-bond acceptors (Lipinski definition) is 2. The Labute approximate surface area is 122 Å². The summed E-state index contributed by atoms with van der Waals surface area (Å²) >= 11 is 0. The molecule has 2 aliphatic rings. The molecule has 0 amide bonds. The Hall–Kier alpha value is -0.800. The maximum atomic E-state index is 6.45. The SMILES string of the molecule is CCNCc1ccn(CC2CCC3(CCCCC3)O2)c1. The van der Waals surface area contributed by atoms with Gasteiger partial charge in [-0.1, -0.05) is 26.2 Å². The third-order valence-corrected chi connectivity index (χ3v) is 4.91. The van der Waals surface area contributed by atoms with Gasteiger partial charge in [-0.05, 0) is 43.9 Å². The van der Waals surface area contributed by atoms with Gasteiger partial charge in [0.25, 0.3) is 0 Å². The molecule has 1 saturated heterocycles. The number of rotatable bonds is 5. The van der Waals surface area contributed by atoms with Crippen molar-refractivity contribution in [2.75, 3.05) is 6.54 Å². The highest BCUT2D eigenvalue weighted by atomic mass is 16.5. The fourth-order valence-electron chi connectivity index (χ4n) is 3.80. The van der Waals surface area contributed by atoms with Crippen LogP contribution in [0.25, 0.3) is 0 Å². The average molecular weight is 276 g/mol. The molecular formula is C17H28N2O. The lowest BCUT2D eigenvalue weighted by atomic mass is 9.83. The van der Waals surface area contributed by atoms with E-state index in [2.05, 4.69) is 35.3 Å². The summed E-state index contributed by atoms with van der Waals surface area (Å²) in [6.45, 7) is 5.17. The summed E-state index contributed by atoms with van der Waals surface area (Å²) in [5, 5.41) is 3.37. The van der Waals surface area contributed by atoms with E-state index in [1.165, 1.54) is 50.5 Å². The molecule has 20 heavy (non-hydrogen) atoms. The Bertz CT molecular complexity index is 420. The fourth-order valence-corrected chi connectivity index (χ4v) is 3.80. The van der Waals surface area contributed by atoms with E-state index in [1.54, 1.807) is 0 Å². The summed E-state index contributed by atoms with van der Waals surface area (Å²) in [5.74, 6) is 0. The van der Waals surface area contributed by atoms with E-state index >= 15 is 0 Å². The van der Waals surface area contributed by atoms with E-state index in [9.17, 15) is 0 Å². The topological polar surface area (TPSA) is 26.2 Å². The van der Waals surface area contributed by atoms with Gasteiger partial charge in [-0.25, -0.2) is 0 Å². The molecule has 0 radical (unpaired) electrons. The summed E-state index contributed by atoms with van der Waals surface area (Å²) < 4.78 is 8.75. The van der Waals surface area contributed by atoms with Gasteiger partial charge in [0.15, 0.2) is 0 Å². The van der Waals surface area contributed by atoms with Crippen molar-refractivity contribution in [2.45, 2.75) is 76.7 Å². The second-order valence-corrected chi connectivity index (χ2v) is 6.52. The second-order valence-electron chi connectivity index (χ2n) is 6.52. The van der Waals surface area contributed by atoms with Gasteiger partial charge in [-0.2, -0.15) is 0 Å². The highest BCUT2D eigenvalue weighted by molar-refractivity contribution is 5.10. The van der Waals surface area contributed by atoms with Crippen molar-refractivity contribution < 1.29 is 4.74 Å². The van der Waals surface area contributed by atoms with E-state index in [1.807, 2.05) is 0 Å². The van der Waals surface area contributed by atoms with Crippen LogP contribution in [0.1, 0.15) is 57.4 Å². The molecule has 3 nitrogen and oxygen atoms in total. The first-order valence-electron chi connectivity index (χ1n) is 8.33. The largest absolute Gasteiger partial charge is 0.370 e. The first-order valence-corrected chi connectivity index (χ1v) is 8.33. The van der Waals surface area contributed by atoms with Crippen LogP contribution in [-0.4, -0.2) is 22.8 Å². The molecule has 0 bridgehead atoms. The minimum atomic E-state index is 0.253. The number of nitrogens with zero attached hydrogens (tertiary/aromatic N) is 1. The summed E-state index contributed by atoms with van der Waals surface area (Å²) in [6.07, 6.45) is 14.1. The van der Waals surface area contributed by atoms with Crippen LogP contribution in [-0.2, 0) is 17.8 Å². The van der Waals surface area contributed by atoms with Crippen molar-refractivity contribution in [3.63, 3.8) is 0 Å². The number of nitrogens with one attached hydrogen (secondary N) is 1. The van der Waals surface area contributed by atoms with Crippen LogP contribution >= 0.6 is 0 Å². The molecule has 1 unspecified atom stereocenters. The maximum Gasteiger partial charge on any atom is 0.0762 e. The Kier molecular flexibility index (Phi) is 4.47. The predicted molar refractivity (Wildman–Crippen MR) is 81.7 cm³/mol.